The number of benzene rings is 2. The number of carbonyl (C=O) groups is 1. The van der Waals surface area contributed by atoms with Gasteiger partial charge in [0.2, 0.25) is 5.91 Å². The predicted octanol–water partition coefficient (Wildman–Crippen LogP) is 3.40. The van der Waals surface area contributed by atoms with E-state index in [9.17, 15) is 9.18 Å². The smallest absolute Gasteiger partial charge is 0.223 e. The molecule has 0 aliphatic heterocycles. The highest BCUT2D eigenvalue weighted by Gasteiger charge is 2.23. The first kappa shape index (κ1) is 14.6. The average Bonchev–Trinajstić information content (AvgIpc) is 2.91. The van der Waals surface area contributed by atoms with Gasteiger partial charge in [-0.1, -0.05) is 30.3 Å². The molecule has 3 nitrogen and oxygen atoms in total. The molecule has 0 spiro atoms. The van der Waals surface area contributed by atoms with Crippen LogP contribution in [0, 0.1) is 5.82 Å². The Kier molecular flexibility index (Phi) is 4.37. The van der Waals surface area contributed by atoms with Crippen LogP contribution in [0.2, 0.25) is 0 Å². The number of hydrogen-bond donors (Lipinski definition) is 1. The highest BCUT2D eigenvalue weighted by atomic mass is 19.1. The highest BCUT2D eigenvalue weighted by molar-refractivity contribution is 5.76. The summed E-state index contributed by atoms with van der Waals surface area (Å²) in [5.74, 6) is 0.0571. The lowest BCUT2D eigenvalue weighted by Crippen LogP contribution is -2.28. The summed E-state index contributed by atoms with van der Waals surface area (Å²) in [7, 11) is 0. The van der Waals surface area contributed by atoms with Crippen LogP contribution in [0.5, 0.6) is 5.75 Å². The maximum absolute atomic E-state index is 13.0. The van der Waals surface area contributed by atoms with E-state index in [0.717, 1.165) is 12.8 Å². The van der Waals surface area contributed by atoms with E-state index in [1.807, 2.05) is 12.1 Å². The Balaban J connectivity index is 1.47. The Labute approximate surface area is 129 Å². The molecule has 3 rings (SSSR count). The van der Waals surface area contributed by atoms with E-state index >= 15 is 0 Å². The minimum atomic E-state index is -0.343. The van der Waals surface area contributed by atoms with Crippen molar-refractivity contribution >= 4 is 5.91 Å². The summed E-state index contributed by atoms with van der Waals surface area (Å²) in [5.41, 5.74) is 2.52. The van der Waals surface area contributed by atoms with E-state index in [1.165, 1.54) is 23.3 Å². The van der Waals surface area contributed by atoms with Crippen molar-refractivity contribution in [3.63, 3.8) is 0 Å². The van der Waals surface area contributed by atoms with Gasteiger partial charge in [-0.05, 0) is 36.1 Å². The maximum Gasteiger partial charge on any atom is 0.223 e. The van der Waals surface area contributed by atoms with Crippen LogP contribution in [-0.4, -0.2) is 12.5 Å². The molecule has 22 heavy (non-hydrogen) atoms. The van der Waals surface area contributed by atoms with Gasteiger partial charge in [0, 0.05) is 6.07 Å². The lowest BCUT2D eigenvalue weighted by Gasteiger charge is -2.14. The minimum Gasteiger partial charge on any atom is -0.493 e. The number of fused-ring (bicyclic) bond motifs is 1. The number of nitrogens with one attached hydrogen (secondary N) is 1. The number of ether oxygens (including phenoxy) is 1. The topological polar surface area (TPSA) is 38.3 Å². The van der Waals surface area contributed by atoms with Gasteiger partial charge in [0.05, 0.1) is 19.1 Å². The average molecular weight is 299 g/mol. The van der Waals surface area contributed by atoms with Gasteiger partial charge >= 0.3 is 0 Å². The third-order valence-electron chi connectivity index (χ3n) is 3.86. The van der Waals surface area contributed by atoms with Crippen molar-refractivity contribution in [1.29, 1.82) is 0 Å². The summed E-state index contributed by atoms with van der Waals surface area (Å²) >= 11 is 0. The van der Waals surface area contributed by atoms with Crippen LogP contribution in [0.25, 0.3) is 0 Å². The van der Waals surface area contributed by atoms with E-state index in [2.05, 4.69) is 17.4 Å². The zero-order valence-corrected chi connectivity index (χ0v) is 12.2. The molecule has 0 radical (unpaired) electrons. The summed E-state index contributed by atoms with van der Waals surface area (Å²) in [6.07, 6.45) is 2.20. The zero-order valence-electron chi connectivity index (χ0n) is 12.2. The molecule has 0 fully saturated rings. The fraction of sp³-hybridized carbons (Fsp3) is 0.278. The number of hydrogen-bond acceptors (Lipinski definition) is 2. The van der Waals surface area contributed by atoms with Crippen molar-refractivity contribution < 1.29 is 13.9 Å². The van der Waals surface area contributed by atoms with Crippen molar-refractivity contribution in [2.24, 2.45) is 0 Å². The van der Waals surface area contributed by atoms with Gasteiger partial charge in [0.25, 0.3) is 0 Å². The van der Waals surface area contributed by atoms with E-state index in [4.69, 9.17) is 4.74 Å². The number of rotatable bonds is 5. The van der Waals surface area contributed by atoms with Crippen LogP contribution in [0.4, 0.5) is 4.39 Å². The third-order valence-corrected chi connectivity index (χ3v) is 3.86. The van der Waals surface area contributed by atoms with Gasteiger partial charge in [0.15, 0.2) is 0 Å². The van der Waals surface area contributed by atoms with E-state index in [-0.39, 0.29) is 30.8 Å². The largest absolute Gasteiger partial charge is 0.493 e. The fourth-order valence-electron chi connectivity index (χ4n) is 2.79. The van der Waals surface area contributed by atoms with Crippen LogP contribution in [0.15, 0.2) is 48.5 Å². The third kappa shape index (κ3) is 3.45. The van der Waals surface area contributed by atoms with E-state index < -0.39 is 0 Å². The Morgan fingerprint density at radius 1 is 1.23 bits per heavy atom. The maximum atomic E-state index is 13.0. The van der Waals surface area contributed by atoms with E-state index in [1.54, 1.807) is 12.1 Å². The van der Waals surface area contributed by atoms with Gasteiger partial charge in [-0.3, -0.25) is 4.79 Å². The predicted molar refractivity (Wildman–Crippen MR) is 82.2 cm³/mol. The van der Waals surface area contributed by atoms with Crippen molar-refractivity contribution in [2.45, 2.75) is 25.3 Å². The van der Waals surface area contributed by atoms with Gasteiger partial charge < -0.3 is 10.1 Å². The van der Waals surface area contributed by atoms with Crippen LogP contribution in [0.1, 0.15) is 30.0 Å². The minimum absolute atomic E-state index is 0.0434. The second-order valence-electron chi connectivity index (χ2n) is 5.41. The normalized spacial score (nSPS) is 16.1. The molecule has 0 aromatic heterocycles. The lowest BCUT2D eigenvalue weighted by atomic mass is 10.1. The molecule has 0 saturated carbocycles. The summed E-state index contributed by atoms with van der Waals surface area (Å²) < 4.78 is 18.4. The highest BCUT2D eigenvalue weighted by Crippen LogP contribution is 2.30. The summed E-state index contributed by atoms with van der Waals surface area (Å²) in [6, 6.07) is 14.2. The number of amides is 1. The van der Waals surface area contributed by atoms with Crippen molar-refractivity contribution in [3.8, 4) is 5.75 Å². The summed E-state index contributed by atoms with van der Waals surface area (Å²) in [4.78, 5) is 12.0. The number of halogens is 1. The van der Waals surface area contributed by atoms with Gasteiger partial charge in [-0.15, -0.1) is 0 Å². The first-order chi connectivity index (χ1) is 10.7. The quantitative estimate of drug-likeness (QED) is 0.919. The van der Waals surface area contributed by atoms with Crippen molar-refractivity contribution in [1.82, 2.24) is 5.32 Å². The first-order valence-electron chi connectivity index (χ1n) is 7.48. The SMILES string of the molecule is O=C(CCOc1cccc(F)c1)NC1CCc2ccccc21. The second kappa shape index (κ2) is 6.60. The van der Waals surface area contributed by atoms with Gasteiger partial charge in [0.1, 0.15) is 11.6 Å². The Hall–Kier alpha value is -2.36. The summed E-state index contributed by atoms with van der Waals surface area (Å²) in [5, 5.41) is 3.04. The standard InChI is InChI=1S/C18H18FNO2/c19-14-5-3-6-15(12-14)22-11-10-18(21)20-17-9-8-13-4-1-2-7-16(13)17/h1-7,12,17H,8-11H2,(H,20,21). The van der Waals surface area contributed by atoms with Crippen molar-refractivity contribution in [3.05, 3.63) is 65.5 Å². The molecule has 1 N–H and O–H groups in total. The molecule has 0 bridgehead atoms. The van der Waals surface area contributed by atoms with E-state index in [0.29, 0.717) is 5.75 Å². The molecule has 114 valence electrons. The molecule has 0 saturated heterocycles. The van der Waals surface area contributed by atoms with Crippen molar-refractivity contribution in [2.75, 3.05) is 6.61 Å². The Morgan fingerprint density at radius 3 is 2.95 bits per heavy atom. The molecule has 4 heteroatoms. The molecule has 1 amide bonds. The number of carbonyl (C=O) groups excluding carboxylic acids is 1. The molecule has 2 aromatic rings. The molecule has 1 aliphatic rings. The summed E-state index contributed by atoms with van der Waals surface area (Å²) in [6.45, 7) is 0.240. The first-order valence-corrected chi connectivity index (χ1v) is 7.48. The molecular formula is C18H18FNO2. The molecular weight excluding hydrogens is 281 g/mol. The lowest BCUT2D eigenvalue weighted by molar-refractivity contribution is -0.122. The molecule has 1 unspecified atom stereocenters. The van der Waals surface area contributed by atoms with Crippen LogP contribution in [0.3, 0.4) is 0 Å². The zero-order chi connectivity index (χ0) is 15.4. The molecule has 1 aliphatic carbocycles. The van der Waals surface area contributed by atoms with Gasteiger partial charge in [-0.25, -0.2) is 4.39 Å². The Bertz CT molecular complexity index is 672. The second-order valence-corrected chi connectivity index (χ2v) is 5.41. The monoisotopic (exact) mass is 299 g/mol. The molecule has 1 atom stereocenters. The Morgan fingerprint density at radius 2 is 2.09 bits per heavy atom. The van der Waals surface area contributed by atoms with Crippen LogP contribution >= 0.6 is 0 Å². The fourth-order valence-corrected chi connectivity index (χ4v) is 2.79. The number of aryl methyl sites for hydroxylation is 1. The molecule has 0 heterocycles. The molecule has 2 aromatic carbocycles. The van der Waals surface area contributed by atoms with Crippen LogP contribution < -0.4 is 10.1 Å². The van der Waals surface area contributed by atoms with Crippen LogP contribution in [-0.2, 0) is 11.2 Å². The van der Waals surface area contributed by atoms with Gasteiger partial charge in [-0.2, -0.15) is 0 Å².